The van der Waals surface area contributed by atoms with Crippen molar-refractivity contribution in [2.24, 2.45) is 0 Å². The second-order valence-electron chi connectivity index (χ2n) is 5.01. The van der Waals surface area contributed by atoms with Crippen LogP contribution >= 0.6 is 11.8 Å². The molecule has 2 N–H and O–H groups in total. The molecule has 2 rings (SSSR count). The summed E-state index contributed by atoms with van der Waals surface area (Å²) in [7, 11) is 0. The average Bonchev–Trinajstić information content (AvgIpc) is 2.42. The van der Waals surface area contributed by atoms with Gasteiger partial charge in [0, 0.05) is 30.3 Å². The summed E-state index contributed by atoms with van der Waals surface area (Å²) in [6.07, 6.45) is 9.14. The van der Waals surface area contributed by atoms with Crippen molar-refractivity contribution < 1.29 is 4.79 Å². The average molecular weight is 242 g/mol. The fourth-order valence-corrected chi connectivity index (χ4v) is 3.43. The molecule has 1 amide bonds. The summed E-state index contributed by atoms with van der Waals surface area (Å²) in [6, 6.07) is 0.395. The molecule has 3 nitrogen and oxygen atoms in total. The topological polar surface area (TPSA) is 41.1 Å². The lowest BCUT2D eigenvalue weighted by molar-refractivity contribution is -0.121. The Morgan fingerprint density at radius 3 is 2.94 bits per heavy atom. The van der Waals surface area contributed by atoms with Crippen LogP contribution in [-0.2, 0) is 4.79 Å². The van der Waals surface area contributed by atoms with E-state index < -0.39 is 0 Å². The Bertz CT molecular complexity index is 248. The highest BCUT2D eigenvalue weighted by atomic mass is 32.2. The molecule has 0 aromatic carbocycles. The minimum absolute atomic E-state index is 0.210. The molecule has 2 aliphatic rings. The number of thioether (sulfide) groups is 1. The predicted molar refractivity (Wildman–Crippen MR) is 68.7 cm³/mol. The van der Waals surface area contributed by atoms with Crippen LogP contribution in [0.5, 0.6) is 0 Å². The van der Waals surface area contributed by atoms with E-state index in [1.165, 1.54) is 19.3 Å². The van der Waals surface area contributed by atoms with Gasteiger partial charge in [-0.15, -0.1) is 0 Å². The van der Waals surface area contributed by atoms with Gasteiger partial charge in [-0.3, -0.25) is 4.79 Å². The van der Waals surface area contributed by atoms with Gasteiger partial charge in [-0.1, -0.05) is 6.42 Å². The van der Waals surface area contributed by atoms with E-state index in [9.17, 15) is 4.79 Å². The summed E-state index contributed by atoms with van der Waals surface area (Å²) in [5.41, 5.74) is 0. The Labute approximate surface area is 102 Å². The highest BCUT2D eigenvalue weighted by molar-refractivity contribution is 8.00. The number of amides is 1. The normalized spacial score (nSPS) is 29.1. The molecular formula is C12H22N2OS. The summed E-state index contributed by atoms with van der Waals surface area (Å²) in [4.78, 5) is 11.4. The Hall–Kier alpha value is -0.220. The smallest absolute Gasteiger partial charge is 0.221 e. The van der Waals surface area contributed by atoms with E-state index in [0.29, 0.717) is 17.2 Å². The van der Waals surface area contributed by atoms with Crippen LogP contribution in [0.2, 0.25) is 0 Å². The first-order valence-electron chi connectivity index (χ1n) is 6.29. The summed E-state index contributed by atoms with van der Waals surface area (Å²) in [6.45, 7) is 1.93. The van der Waals surface area contributed by atoms with Crippen molar-refractivity contribution in [2.75, 3.05) is 19.3 Å². The SMILES string of the molecule is CSC1(CNC2CCCNC(=O)C2)CCC1. The van der Waals surface area contributed by atoms with Crippen molar-refractivity contribution in [2.45, 2.75) is 49.3 Å². The summed E-state index contributed by atoms with van der Waals surface area (Å²) in [5, 5.41) is 6.53. The number of hydrogen-bond donors (Lipinski definition) is 2. The first-order chi connectivity index (χ1) is 7.74. The van der Waals surface area contributed by atoms with Crippen molar-refractivity contribution in [1.29, 1.82) is 0 Å². The van der Waals surface area contributed by atoms with Crippen molar-refractivity contribution in [3.63, 3.8) is 0 Å². The molecule has 1 heterocycles. The molecule has 0 bridgehead atoms. The molecule has 1 saturated heterocycles. The Kier molecular flexibility index (Phi) is 4.14. The third-order valence-corrected chi connectivity index (χ3v) is 5.31. The molecule has 1 aliphatic carbocycles. The van der Waals surface area contributed by atoms with E-state index in [4.69, 9.17) is 0 Å². The molecule has 0 aromatic rings. The molecule has 1 saturated carbocycles. The van der Waals surface area contributed by atoms with E-state index in [0.717, 1.165) is 25.9 Å². The van der Waals surface area contributed by atoms with Crippen LogP contribution in [-0.4, -0.2) is 36.0 Å². The minimum Gasteiger partial charge on any atom is -0.356 e. The maximum absolute atomic E-state index is 11.4. The lowest BCUT2D eigenvalue weighted by atomic mass is 9.84. The maximum Gasteiger partial charge on any atom is 0.221 e. The van der Waals surface area contributed by atoms with Gasteiger partial charge in [0.05, 0.1) is 0 Å². The number of hydrogen-bond acceptors (Lipinski definition) is 3. The molecule has 1 aliphatic heterocycles. The highest BCUT2D eigenvalue weighted by Gasteiger charge is 2.36. The quantitative estimate of drug-likeness (QED) is 0.785. The monoisotopic (exact) mass is 242 g/mol. The zero-order valence-corrected chi connectivity index (χ0v) is 10.9. The van der Waals surface area contributed by atoms with Crippen LogP contribution in [0, 0.1) is 0 Å². The van der Waals surface area contributed by atoms with Gasteiger partial charge < -0.3 is 10.6 Å². The van der Waals surface area contributed by atoms with Crippen molar-refractivity contribution in [3.8, 4) is 0 Å². The second-order valence-corrected chi connectivity index (χ2v) is 6.29. The second kappa shape index (κ2) is 5.41. The molecule has 1 unspecified atom stereocenters. The lowest BCUT2D eigenvalue weighted by Gasteiger charge is -2.41. The van der Waals surface area contributed by atoms with Gasteiger partial charge in [0.25, 0.3) is 0 Å². The van der Waals surface area contributed by atoms with Gasteiger partial charge in [0.1, 0.15) is 0 Å². The molecule has 0 aromatic heterocycles. The first-order valence-corrected chi connectivity index (χ1v) is 7.52. The van der Waals surface area contributed by atoms with Crippen molar-refractivity contribution in [1.82, 2.24) is 10.6 Å². The molecule has 2 fully saturated rings. The van der Waals surface area contributed by atoms with E-state index in [2.05, 4.69) is 16.9 Å². The van der Waals surface area contributed by atoms with Crippen molar-refractivity contribution in [3.05, 3.63) is 0 Å². The molecule has 16 heavy (non-hydrogen) atoms. The third kappa shape index (κ3) is 2.92. The Balaban J connectivity index is 1.77. The molecular weight excluding hydrogens is 220 g/mol. The summed E-state index contributed by atoms with van der Waals surface area (Å²) >= 11 is 1.99. The van der Waals surface area contributed by atoms with E-state index in [1.807, 2.05) is 11.8 Å². The molecule has 4 heteroatoms. The number of nitrogens with one attached hydrogen (secondary N) is 2. The fraction of sp³-hybridized carbons (Fsp3) is 0.917. The number of carbonyl (C=O) groups is 1. The zero-order chi connectivity index (χ0) is 11.4. The lowest BCUT2D eigenvalue weighted by Crippen LogP contribution is -2.47. The molecule has 1 atom stereocenters. The van der Waals surface area contributed by atoms with Crippen LogP contribution < -0.4 is 10.6 Å². The summed E-state index contributed by atoms with van der Waals surface area (Å²) < 4.78 is 0.475. The standard InChI is InChI=1S/C12H22N2OS/c1-16-12(5-3-6-12)9-14-10-4-2-7-13-11(15)8-10/h10,14H,2-9H2,1H3,(H,13,15). The predicted octanol–water partition coefficient (Wildman–Crippen LogP) is 1.53. The van der Waals surface area contributed by atoms with Crippen LogP contribution in [0.3, 0.4) is 0 Å². The van der Waals surface area contributed by atoms with Crippen LogP contribution in [0.4, 0.5) is 0 Å². The Morgan fingerprint density at radius 2 is 2.31 bits per heavy atom. The van der Waals surface area contributed by atoms with E-state index >= 15 is 0 Å². The van der Waals surface area contributed by atoms with Gasteiger partial charge in [-0.25, -0.2) is 0 Å². The van der Waals surface area contributed by atoms with Gasteiger partial charge in [-0.05, 0) is 31.9 Å². The number of carbonyl (C=O) groups excluding carboxylic acids is 1. The maximum atomic E-state index is 11.4. The largest absolute Gasteiger partial charge is 0.356 e. The van der Waals surface area contributed by atoms with Gasteiger partial charge >= 0.3 is 0 Å². The van der Waals surface area contributed by atoms with Crippen LogP contribution in [0.15, 0.2) is 0 Å². The van der Waals surface area contributed by atoms with Gasteiger partial charge in [0.2, 0.25) is 5.91 Å². The third-order valence-electron chi connectivity index (χ3n) is 3.89. The van der Waals surface area contributed by atoms with Gasteiger partial charge in [0.15, 0.2) is 0 Å². The zero-order valence-electron chi connectivity index (χ0n) is 10.1. The molecule has 0 spiro atoms. The summed E-state index contributed by atoms with van der Waals surface area (Å²) in [5.74, 6) is 0.210. The van der Waals surface area contributed by atoms with Crippen molar-refractivity contribution >= 4 is 17.7 Å². The van der Waals surface area contributed by atoms with E-state index in [1.54, 1.807) is 0 Å². The van der Waals surface area contributed by atoms with Crippen LogP contribution in [0.25, 0.3) is 0 Å². The fourth-order valence-electron chi connectivity index (χ4n) is 2.50. The van der Waals surface area contributed by atoms with E-state index in [-0.39, 0.29) is 5.91 Å². The molecule has 92 valence electrons. The highest BCUT2D eigenvalue weighted by Crippen LogP contribution is 2.42. The Morgan fingerprint density at radius 1 is 1.50 bits per heavy atom. The minimum atomic E-state index is 0.210. The number of rotatable bonds is 4. The first kappa shape index (κ1) is 12.2. The molecule has 0 radical (unpaired) electrons. The van der Waals surface area contributed by atoms with Gasteiger partial charge in [-0.2, -0.15) is 11.8 Å². The van der Waals surface area contributed by atoms with Crippen LogP contribution in [0.1, 0.15) is 38.5 Å².